The molecule has 27 heavy (non-hydrogen) atoms. The lowest BCUT2D eigenvalue weighted by Gasteiger charge is -2.10. The molecule has 1 aromatic heterocycles. The van der Waals surface area contributed by atoms with Crippen LogP contribution in [0.1, 0.15) is 19.4 Å². The molecule has 0 atom stereocenters. The molecule has 0 spiro atoms. The fourth-order valence-electron chi connectivity index (χ4n) is 2.85. The van der Waals surface area contributed by atoms with Gasteiger partial charge in [0.05, 0.1) is 11.4 Å². The smallest absolute Gasteiger partial charge is 0.0715 e. The molecule has 0 bridgehead atoms. The predicted octanol–water partition coefficient (Wildman–Crippen LogP) is 7.67. The van der Waals surface area contributed by atoms with Crippen molar-refractivity contribution >= 4 is 21.5 Å². The van der Waals surface area contributed by atoms with E-state index in [0.29, 0.717) is 0 Å². The molecule has 0 radical (unpaired) electrons. The normalized spacial score (nSPS) is 12.6. The Morgan fingerprint density at radius 2 is 1.37 bits per heavy atom. The molecule has 0 N–H and O–H groups in total. The average Bonchev–Trinajstić information content (AvgIpc) is 2.72. The third-order valence-corrected chi connectivity index (χ3v) is 4.47. The summed E-state index contributed by atoms with van der Waals surface area (Å²) in [5.74, 6) is 0. The maximum Gasteiger partial charge on any atom is 0.0715 e. The first-order valence-corrected chi connectivity index (χ1v) is 9.77. The summed E-state index contributed by atoms with van der Waals surface area (Å²) in [6, 6.07) is 25.0. The zero-order valence-corrected chi connectivity index (χ0v) is 17.1. The molecular formula is C25H22BrN. The van der Waals surface area contributed by atoms with Crippen LogP contribution in [0.4, 0.5) is 0 Å². The molecule has 0 aliphatic rings. The van der Waals surface area contributed by atoms with E-state index >= 15 is 0 Å². The number of rotatable bonds is 5. The lowest BCUT2D eigenvalue weighted by molar-refractivity contribution is 1.31. The average molecular weight is 416 g/mol. The van der Waals surface area contributed by atoms with Gasteiger partial charge >= 0.3 is 0 Å². The number of halogens is 1. The van der Waals surface area contributed by atoms with E-state index in [2.05, 4.69) is 77.5 Å². The maximum absolute atomic E-state index is 4.93. The predicted molar refractivity (Wildman–Crippen MR) is 121 cm³/mol. The molecule has 3 aromatic rings. The Morgan fingerprint density at radius 1 is 0.852 bits per heavy atom. The summed E-state index contributed by atoms with van der Waals surface area (Å²) in [5, 5.41) is 0. The standard InChI is InChI=1S/C25H22BrN/c1-3-20(16-10-11-19(2)26)23-17-24(21-12-6-4-7-13-21)27-25(18-23)22-14-8-5-9-15-22/h3-18H,1-2H3/b16-10-,19-11+,20-3+. The lowest BCUT2D eigenvalue weighted by atomic mass is 9.99. The van der Waals surface area contributed by atoms with Crippen molar-refractivity contribution in [2.24, 2.45) is 0 Å². The van der Waals surface area contributed by atoms with Crippen molar-refractivity contribution < 1.29 is 0 Å². The highest BCUT2D eigenvalue weighted by Crippen LogP contribution is 2.28. The van der Waals surface area contributed by atoms with Gasteiger partial charge in [-0.25, -0.2) is 4.98 Å². The molecule has 2 heteroatoms. The van der Waals surface area contributed by atoms with Crippen molar-refractivity contribution in [3.63, 3.8) is 0 Å². The first-order chi connectivity index (χ1) is 13.2. The van der Waals surface area contributed by atoms with Crippen molar-refractivity contribution in [2.75, 3.05) is 0 Å². The minimum atomic E-state index is 0.979. The van der Waals surface area contributed by atoms with E-state index in [1.165, 1.54) is 0 Å². The van der Waals surface area contributed by atoms with E-state index < -0.39 is 0 Å². The van der Waals surface area contributed by atoms with E-state index in [4.69, 9.17) is 4.98 Å². The second-order valence-electron chi connectivity index (χ2n) is 6.21. The van der Waals surface area contributed by atoms with Gasteiger partial charge in [-0.1, -0.05) is 101 Å². The molecule has 0 aliphatic carbocycles. The molecule has 0 saturated carbocycles. The number of hydrogen-bond acceptors (Lipinski definition) is 1. The molecule has 3 rings (SSSR count). The Kier molecular flexibility index (Phi) is 6.56. The van der Waals surface area contributed by atoms with Crippen molar-refractivity contribution in [2.45, 2.75) is 13.8 Å². The quantitative estimate of drug-likeness (QED) is 0.389. The van der Waals surface area contributed by atoms with Crippen molar-refractivity contribution in [1.29, 1.82) is 0 Å². The van der Waals surface area contributed by atoms with Gasteiger partial charge in [-0.05, 0) is 41.6 Å². The van der Waals surface area contributed by atoms with Crippen LogP contribution < -0.4 is 0 Å². The van der Waals surface area contributed by atoms with Crippen molar-refractivity contribution in [3.8, 4) is 22.5 Å². The number of pyridine rings is 1. The minimum absolute atomic E-state index is 0.979. The topological polar surface area (TPSA) is 12.9 Å². The Bertz CT molecular complexity index is 922. The van der Waals surface area contributed by atoms with Gasteiger partial charge in [0.25, 0.3) is 0 Å². The summed E-state index contributed by atoms with van der Waals surface area (Å²) >= 11 is 3.47. The monoisotopic (exact) mass is 415 g/mol. The summed E-state index contributed by atoms with van der Waals surface area (Å²) in [6.07, 6.45) is 8.36. The first kappa shape index (κ1) is 19.1. The summed E-state index contributed by atoms with van der Waals surface area (Å²) in [4.78, 5) is 4.93. The third kappa shape index (κ3) is 5.15. The first-order valence-electron chi connectivity index (χ1n) is 8.97. The van der Waals surface area contributed by atoms with Crippen LogP contribution in [0.25, 0.3) is 28.1 Å². The van der Waals surface area contributed by atoms with E-state index in [1.807, 2.05) is 49.4 Å². The Morgan fingerprint density at radius 3 is 1.81 bits per heavy atom. The fourth-order valence-corrected chi connectivity index (χ4v) is 3.01. The molecule has 0 fully saturated rings. The Hall–Kier alpha value is -2.71. The van der Waals surface area contributed by atoms with Crippen LogP contribution in [-0.2, 0) is 0 Å². The molecular weight excluding hydrogens is 394 g/mol. The molecule has 1 heterocycles. The number of aromatic nitrogens is 1. The lowest BCUT2D eigenvalue weighted by Crippen LogP contribution is -1.92. The molecule has 0 saturated heterocycles. The molecule has 0 unspecified atom stereocenters. The molecule has 1 nitrogen and oxygen atoms in total. The zero-order chi connectivity index (χ0) is 19.1. The van der Waals surface area contributed by atoms with Crippen LogP contribution in [0, 0.1) is 0 Å². The number of benzene rings is 2. The van der Waals surface area contributed by atoms with Gasteiger partial charge in [0.15, 0.2) is 0 Å². The third-order valence-electron chi connectivity index (χ3n) is 4.21. The van der Waals surface area contributed by atoms with Gasteiger partial charge in [-0.2, -0.15) is 0 Å². The Balaban J connectivity index is 2.13. The highest BCUT2D eigenvalue weighted by Gasteiger charge is 2.08. The molecule has 0 amide bonds. The van der Waals surface area contributed by atoms with Crippen LogP contribution in [-0.4, -0.2) is 4.98 Å². The van der Waals surface area contributed by atoms with E-state index in [1.54, 1.807) is 0 Å². The SMILES string of the molecule is C\C=C(/C=C\C=C(/C)Br)c1cc(-c2ccccc2)nc(-c2ccccc2)c1. The van der Waals surface area contributed by atoms with Gasteiger partial charge in [0.2, 0.25) is 0 Å². The minimum Gasteiger partial charge on any atom is -0.248 e. The van der Waals surface area contributed by atoms with Crippen LogP contribution in [0.2, 0.25) is 0 Å². The van der Waals surface area contributed by atoms with Gasteiger partial charge in [-0.15, -0.1) is 0 Å². The second-order valence-corrected chi connectivity index (χ2v) is 7.47. The maximum atomic E-state index is 4.93. The number of nitrogens with zero attached hydrogens (tertiary/aromatic N) is 1. The number of hydrogen-bond donors (Lipinski definition) is 0. The molecule has 2 aromatic carbocycles. The van der Waals surface area contributed by atoms with E-state index in [9.17, 15) is 0 Å². The van der Waals surface area contributed by atoms with Crippen molar-refractivity contribution in [3.05, 3.63) is 107 Å². The van der Waals surface area contributed by atoms with Crippen molar-refractivity contribution in [1.82, 2.24) is 4.98 Å². The summed E-state index contributed by atoms with van der Waals surface area (Å²) in [6.45, 7) is 4.09. The molecule has 0 aliphatic heterocycles. The highest BCUT2D eigenvalue weighted by molar-refractivity contribution is 9.11. The largest absolute Gasteiger partial charge is 0.248 e. The summed E-state index contributed by atoms with van der Waals surface area (Å²) in [5.41, 5.74) is 6.51. The van der Waals surface area contributed by atoms with Crippen LogP contribution >= 0.6 is 15.9 Å². The van der Waals surface area contributed by atoms with Gasteiger partial charge in [0.1, 0.15) is 0 Å². The van der Waals surface area contributed by atoms with Crippen LogP contribution in [0.3, 0.4) is 0 Å². The van der Waals surface area contributed by atoms with Crippen LogP contribution in [0.15, 0.2) is 102 Å². The highest BCUT2D eigenvalue weighted by atomic mass is 79.9. The number of allylic oxidation sites excluding steroid dienone is 6. The van der Waals surface area contributed by atoms with Gasteiger partial charge in [-0.3, -0.25) is 0 Å². The summed E-state index contributed by atoms with van der Waals surface area (Å²) in [7, 11) is 0. The van der Waals surface area contributed by atoms with Gasteiger partial charge < -0.3 is 0 Å². The van der Waals surface area contributed by atoms with E-state index in [-0.39, 0.29) is 0 Å². The van der Waals surface area contributed by atoms with Crippen LogP contribution in [0.5, 0.6) is 0 Å². The summed E-state index contributed by atoms with van der Waals surface area (Å²) < 4.78 is 1.10. The fraction of sp³-hybridized carbons (Fsp3) is 0.0800. The zero-order valence-electron chi connectivity index (χ0n) is 15.6. The Labute approximate surface area is 169 Å². The van der Waals surface area contributed by atoms with E-state index in [0.717, 1.165) is 38.1 Å². The second kappa shape index (κ2) is 9.29. The van der Waals surface area contributed by atoms with Gasteiger partial charge in [0, 0.05) is 11.1 Å². The molecule has 134 valence electrons.